The van der Waals surface area contributed by atoms with Gasteiger partial charge in [0.05, 0.1) is 44.9 Å². The van der Waals surface area contributed by atoms with E-state index in [0.717, 1.165) is 44.5 Å². The highest BCUT2D eigenvalue weighted by Gasteiger charge is 2.45. The van der Waals surface area contributed by atoms with Crippen LogP contribution >= 0.6 is 11.3 Å². The van der Waals surface area contributed by atoms with Gasteiger partial charge in [-0.1, -0.05) is 12.1 Å². The Morgan fingerprint density at radius 3 is 2.72 bits per heavy atom. The first-order valence-electron chi connectivity index (χ1n) is 16.4. The number of fused-ring (bicyclic) bond motifs is 5. The molecule has 1 amide bonds. The van der Waals surface area contributed by atoms with Crippen LogP contribution in [-0.4, -0.2) is 37.5 Å². The molecule has 0 bridgehead atoms. The number of nitriles is 1. The molecular formula is C37H27F2N7O3S. The van der Waals surface area contributed by atoms with Crippen LogP contribution in [0.1, 0.15) is 75.3 Å². The van der Waals surface area contributed by atoms with Gasteiger partial charge in [0, 0.05) is 23.2 Å². The van der Waals surface area contributed by atoms with Crippen molar-refractivity contribution >= 4 is 33.1 Å². The van der Waals surface area contributed by atoms with E-state index in [9.17, 15) is 23.6 Å². The van der Waals surface area contributed by atoms with Gasteiger partial charge < -0.3 is 14.6 Å². The molecule has 1 aliphatic carbocycles. The summed E-state index contributed by atoms with van der Waals surface area (Å²) < 4.78 is 34.8. The predicted molar refractivity (Wildman–Crippen MR) is 182 cm³/mol. The molecule has 3 aliphatic rings. The van der Waals surface area contributed by atoms with E-state index in [-0.39, 0.29) is 35.3 Å². The number of amides is 1. The van der Waals surface area contributed by atoms with Crippen molar-refractivity contribution in [1.82, 2.24) is 25.1 Å². The van der Waals surface area contributed by atoms with Crippen LogP contribution in [0.5, 0.6) is 0 Å². The lowest BCUT2D eigenvalue weighted by atomic mass is 9.93. The van der Waals surface area contributed by atoms with Gasteiger partial charge in [-0.25, -0.2) is 23.7 Å². The maximum absolute atomic E-state index is 14.7. The van der Waals surface area contributed by atoms with Crippen molar-refractivity contribution in [2.45, 2.75) is 50.6 Å². The molecule has 0 radical (unpaired) electrons. The lowest BCUT2D eigenvalue weighted by Crippen LogP contribution is -2.22. The molecule has 6 heterocycles. The molecular weight excluding hydrogens is 661 g/mol. The predicted octanol–water partition coefficient (Wildman–Crippen LogP) is 7.03. The molecule has 50 heavy (non-hydrogen) atoms. The number of nitrogens with zero attached hydrogens (tertiary/aromatic N) is 5. The van der Waals surface area contributed by atoms with Gasteiger partial charge in [0.15, 0.2) is 0 Å². The molecule has 248 valence electrons. The van der Waals surface area contributed by atoms with Crippen LogP contribution < -0.4 is 11.1 Å². The maximum atomic E-state index is 14.7. The number of halogens is 2. The summed E-state index contributed by atoms with van der Waals surface area (Å²) in [7, 11) is 0. The Labute approximate surface area is 287 Å². The molecule has 9 rings (SSSR count). The van der Waals surface area contributed by atoms with E-state index < -0.39 is 11.6 Å². The van der Waals surface area contributed by atoms with Crippen molar-refractivity contribution in [1.29, 1.82) is 5.26 Å². The number of H-pyrrole nitrogens is 1. The quantitative estimate of drug-likeness (QED) is 0.182. The molecule has 4 aromatic heterocycles. The van der Waals surface area contributed by atoms with Crippen molar-refractivity contribution in [2.24, 2.45) is 0 Å². The van der Waals surface area contributed by atoms with E-state index in [0.29, 0.717) is 66.1 Å². The highest BCUT2D eigenvalue weighted by molar-refractivity contribution is 7.23. The third-order valence-electron chi connectivity index (χ3n) is 9.98. The zero-order valence-corrected chi connectivity index (χ0v) is 27.2. The van der Waals surface area contributed by atoms with E-state index in [4.69, 9.17) is 9.40 Å². The minimum absolute atomic E-state index is 0.0320. The number of rotatable bonds is 7. The third-order valence-corrected chi connectivity index (χ3v) is 11.2. The summed E-state index contributed by atoms with van der Waals surface area (Å²) in [6.45, 7) is 0.626. The molecule has 1 saturated heterocycles. The number of anilines is 1. The van der Waals surface area contributed by atoms with E-state index in [1.54, 1.807) is 24.4 Å². The molecule has 2 N–H and O–H groups in total. The second kappa shape index (κ2) is 11.7. The van der Waals surface area contributed by atoms with Crippen molar-refractivity contribution in [3.05, 3.63) is 116 Å². The molecule has 6 aromatic rings. The first-order chi connectivity index (χ1) is 24.4. The Bertz CT molecular complexity index is 2460. The summed E-state index contributed by atoms with van der Waals surface area (Å²) in [5, 5.41) is 20.3. The number of aromatic amines is 1. The first-order valence-corrected chi connectivity index (χ1v) is 17.2. The zero-order valence-electron chi connectivity index (χ0n) is 26.4. The molecule has 2 aromatic carbocycles. The molecule has 13 heteroatoms. The van der Waals surface area contributed by atoms with Crippen LogP contribution in [0.4, 0.5) is 14.6 Å². The Kier molecular flexibility index (Phi) is 7.10. The highest BCUT2D eigenvalue weighted by Crippen LogP contribution is 2.50. The van der Waals surface area contributed by atoms with Crippen LogP contribution in [0.3, 0.4) is 0 Å². The first kappa shape index (κ1) is 30.3. The number of nitrogens with one attached hydrogen (secondary N) is 2. The van der Waals surface area contributed by atoms with Gasteiger partial charge in [0.2, 0.25) is 0 Å². The SMILES string of the molecule is N#Cc1cc2c(cc1F)[C@H](Nc1nccc3cc(-c4c5c(nc(CCc6ccc(F)cc6)c4-c4n[nH]c(=O)o4)[C@@H]4CCCN4C5=O)sc13)CC2. The topological polar surface area (TPSA) is 141 Å². The zero-order chi connectivity index (χ0) is 34.1. The molecule has 2 aliphatic heterocycles. The minimum Gasteiger partial charge on any atom is -0.388 e. The van der Waals surface area contributed by atoms with Gasteiger partial charge in [-0.2, -0.15) is 5.26 Å². The minimum atomic E-state index is -0.731. The van der Waals surface area contributed by atoms with Gasteiger partial charge in [-0.05, 0) is 97.0 Å². The lowest BCUT2D eigenvalue weighted by molar-refractivity contribution is 0.0776. The standard InChI is InChI=1S/C37H27F2N7O3S/c38-22-7-3-18(4-8-22)5-9-26-29(35-44-45-37(48)49-35)30(31-32(42-26)27-2-1-13-46(27)36(31)47)28-15-20-11-12-41-34(33(20)50-28)43-25-10-6-19-14-21(17-40)24(39)16-23(19)25/h3-4,7-8,11-12,14-16,25,27H,1-2,5-6,9-10,13H2,(H,41,43)(H,45,48)/t25-,27+/m1/s1. The van der Waals surface area contributed by atoms with Crippen LogP contribution in [0.2, 0.25) is 0 Å². The fraction of sp³-hybridized carbons (Fsp3) is 0.243. The number of carbonyl (C=O) groups is 1. The highest BCUT2D eigenvalue weighted by atomic mass is 32.1. The molecule has 2 atom stereocenters. The molecule has 0 spiro atoms. The Morgan fingerprint density at radius 2 is 1.92 bits per heavy atom. The van der Waals surface area contributed by atoms with Gasteiger partial charge in [0.1, 0.15) is 23.5 Å². The van der Waals surface area contributed by atoms with Crippen LogP contribution in [-0.2, 0) is 19.3 Å². The number of thiophene rings is 1. The number of carbonyl (C=O) groups excluding carboxylic acids is 1. The Morgan fingerprint density at radius 1 is 1.06 bits per heavy atom. The van der Waals surface area contributed by atoms with Crippen molar-refractivity contribution in [3.63, 3.8) is 0 Å². The average molecular weight is 688 g/mol. The van der Waals surface area contributed by atoms with E-state index in [1.165, 1.54) is 29.5 Å². The lowest BCUT2D eigenvalue weighted by Gasteiger charge is -2.16. The number of aromatic nitrogens is 4. The summed E-state index contributed by atoms with van der Waals surface area (Å²) in [6, 6.07) is 14.8. The largest absolute Gasteiger partial charge is 0.434 e. The van der Waals surface area contributed by atoms with Gasteiger partial charge in [-0.15, -0.1) is 16.4 Å². The monoisotopic (exact) mass is 687 g/mol. The Hall–Kier alpha value is -5.74. The van der Waals surface area contributed by atoms with Crippen LogP contribution in [0.25, 0.3) is 32.0 Å². The normalized spacial score (nSPS) is 17.6. The summed E-state index contributed by atoms with van der Waals surface area (Å²) in [6.07, 6.45) is 5.74. The number of benzene rings is 2. The molecule has 10 nitrogen and oxygen atoms in total. The average Bonchev–Trinajstić information content (AvgIpc) is 3.96. The van der Waals surface area contributed by atoms with Gasteiger partial charge in [0.25, 0.3) is 11.8 Å². The number of pyridine rings is 2. The van der Waals surface area contributed by atoms with E-state index in [2.05, 4.69) is 20.5 Å². The second-order valence-electron chi connectivity index (χ2n) is 12.8. The third kappa shape index (κ3) is 4.89. The van der Waals surface area contributed by atoms with Gasteiger partial charge >= 0.3 is 5.76 Å². The summed E-state index contributed by atoms with van der Waals surface area (Å²) in [4.78, 5) is 38.9. The molecule has 0 unspecified atom stereocenters. The fourth-order valence-electron chi connectivity index (χ4n) is 7.68. The summed E-state index contributed by atoms with van der Waals surface area (Å²) >= 11 is 1.45. The number of hydrogen-bond donors (Lipinski definition) is 2. The summed E-state index contributed by atoms with van der Waals surface area (Å²) in [5.74, 6) is -1.08. The van der Waals surface area contributed by atoms with Gasteiger partial charge in [-0.3, -0.25) is 9.78 Å². The maximum Gasteiger partial charge on any atom is 0.434 e. The van der Waals surface area contributed by atoms with Crippen LogP contribution in [0, 0.1) is 23.0 Å². The van der Waals surface area contributed by atoms with E-state index >= 15 is 0 Å². The van der Waals surface area contributed by atoms with Crippen molar-refractivity contribution in [3.8, 4) is 28.0 Å². The number of aryl methyl sites for hydroxylation is 3. The summed E-state index contributed by atoms with van der Waals surface area (Å²) in [5.41, 5.74) is 5.54. The van der Waals surface area contributed by atoms with E-state index in [1.807, 2.05) is 23.1 Å². The van der Waals surface area contributed by atoms with Crippen molar-refractivity contribution < 1.29 is 18.0 Å². The van der Waals surface area contributed by atoms with Crippen molar-refractivity contribution in [2.75, 3.05) is 11.9 Å². The number of hydrogen-bond acceptors (Lipinski definition) is 9. The smallest absolute Gasteiger partial charge is 0.388 e. The fourth-order valence-corrected chi connectivity index (χ4v) is 8.84. The molecule has 1 fully saturated rings. The van der Waals surface area contributed by atoms with Crippen LogP contribution in [0.15, 0.2) is 63.9 Å². The Balaban J connectivity index is 1.20. The molecule has 0 saturated carbocycles. The second-order valence-corrected chi connectivity index (χ2v) is 13.9.